The quantitative estimate of drug-likeness (QED) is 0.674. The van der Waals surface area contributed by atoms with E-state index in [0.717, 1.165) is 21.5 Å². The van der Waals surface area contributed by atoms with Crippen LogP contribution in [-0.4, -0.2) is 4.98 Å². The summed E-state index contributed by atoms with van der Waals surface area (Å²) in [5, 5.41) is 0. The van der Waals surface area contributed by atoms with Crippen LogP contribution in [0.2, 0.25) is 0 Å². The third-order valence-corrected chi connectivity index (χ3v) is 4.30. The van der Waals surface area contributed by atoms with E-state index in [1.54, 1.807) is 17.5 Å². The molecule has 2 aromatic heterocycles. The molecule has 0 fully saturated rings. The first-order valence-corrected chi connectivity index (χ1v) is 6.93. The van der Waals surface area contributed by atoms with Gasteiger partial charge in [0.05, 0.1) is 9.83 Å². The van der Waals surface area contributed by atoms with Crippen molar-refractivity contribution in [3.63, 3.8) is 0 Å². The van der Waals surface area contributed by atoms with Crippen LogP contribution in [0.4, 0.5) is 0 Å². The van der Waals surface area contributed by atoms with Crippen LogP contribution in [0.5, 0.6) is 0 Å². The highest BCUT2D eigenvalue weighted by Crippen LogP contribution is 2.27. The predicted octanol–water partition coefficient (Wildman–Crippen LogP) is 2.96. The van der Waals surface area contributed by atoms with Gasteiger partial charge in [-0.3, -0.25) is 16.3 Å². The summed E-state index contributed by atoms with van der Waals surface area (Å²) in [4.78, 5) is 5.59. The Labute approximate surface area is 113 Å². The van der Waals surface area contributed by atoms with Crippen LogP contribution < -0.4 is 11.3 Å². The van der Waals surface area contributed by atoms with Crippen molar-refractivity contribution in [1.82, 2.24) is 10.4 Å². The zero-order valence-corrected chi connectivity index (χ0v) is 11.9. The Balaban J connectivity index is 2.20. The first-order valence-electron chi connectivity index (χ1n) is 5.32. The average Bonchev–Trinajstić information content (AvgIpc) is 2.73. The van der Waals surface area contributed by atoms with E-state index in [-0.39, 0.29) is 6.04 Å². The van der Waals surface area contributed by atoms with Crippen molar-refractivity contribution in [2.45, 2.75) is 19.4 Å². The van der Waals surface area contributed by atoms with E-state index in [1.165, 1.54) is 4.88 Å². The molecule has 0 bridgehead atoms. The van der Waals surface area contributed by atoms with Crippen molar-refractivity contribution < 1.29 is 0 Å². The molecule has 0 aliphatic heterocycles. The molecule has 2 heterocycles. The minimum Gasteiger partial charge on any atom is -0.271 e. The largest absolute Gasteiger partial charge is 0.271 e. The predicted molar refractivity (Wildman–Crippen MR) is 74.8 cm³/mol. The lowest BCUT2D eigenvalue weighted by Gasteiger charge is -2.16. The standard InChI is InChI=1S/C12H14BrN3S/c1-8-10(3-2-6-15-8)11(16-14)7-9-4-5-12(13)17-9/h2-6,11,16H,7,14H2,1H3. The Hall–Kier alpha value is -0.750. The van der Waals surface area contributed by atoms with Crippen LogP contribution in [0.25, 0.3) is 0 Å². The second-order valence-corrected chi connectivity index (χ2v) is 6.35. The van der Waals surface area contributed by atoms with Gasteiger partial charge in [0.15, 0.2) is 0 Å². The molecule has 17 heavy (non-hydrogen) atoms. The SMILES string of the molecule is Cc1ncccc1C(Cc1ccc(Br)s1)NN. The number of hydrogen-bond donors (Lipinski definition) is 2. The van der Waals surface area contributed by atoms with Crippen LogP contribution in [-0.2, 0) is 6.42 Å². The van der Waals surface area contributed by atoms with Gasteiger partial charge in [-0.25, -0.2) is 0 Å². The van der Waals surface area contributed by atoms with Gasteiger partial charge in [0.25, 0.3) is 0 Å². The summed E-state index contributed by atoms with van der Waals surface area (Å²) in [6.45, 7) is 2.00. The molecular formula is C12H14BrN3S. The number of rotatable bonds is 4. The van der Waals surface area contributed by atoms with E-state index in [9.17, 15) is 0 Å². The number of hydrogen-bond acceptors (Lipinski definition) is 4. The van der Waals surface area contributed by atoms with Gasteiger partial charge in [0.1, 0.15) is 0 Å². The molecule has 0 spiro atoms. The highest BCUT2D eigenvalue weighted by atomic mass is 79.9. The number of nitrogens with one attached hydrogen (secondary N) is 1. The van der Waals surface area contributed by atoms with Crippen LogP contribution >= 0.6 is 27.3 Å². The summed E-state index contributed by atoms with van der Waals surface area (Å²) in [5.74, 6) is 5.64. The Morgan fingerprint density at radius 2 is 2.29 bits per heavy atom. The molecule has 1 atom stereocenters. The highest BCUT2D eigenvalue weighted by molar-refractivity contribution is 9.11. The molecule has 0 radical (unpaired) electrons. The topological polar surface area (TPSA) is 50.9 Å². The van der Waals surface area contributed by atoms with E-state index in [1.807, 2.05) is 13.0 Å². The van der Waals surface area contributed by atoms with E-state index >= 15 is 0 Å². The first-order chi connectivity index (χ1) is 8.20. The summed E-state index contributed by atoms with van der Waals surface area (Å²) >= 11 is 5.20. The fourth-order valence-electron chi connectivity index (χ4n) is 1.79. The van der Waals surface area contributed by atoms with Crippen molar-refractivity contribution in [3.8, 4) is 0 Å². The fourth-order valence-corrected chi connectivity index (χ4v) is 3.31. The highest BCUT2D eigenvalue weighted by Gasteiger charge is 2.14. The number of hydrazine groups is 1. The zero-order valence-electron chi connectivity index (χ0n) is 9.48. The maximum absolute atomic E-state index is 5.64. The van der Waals surface area contributed by atoms with Gasteiger partial charge in [-0.1, -0.05) is 6.07 Å². The van der Waals surface area contributed by atoms with Crippen LogP contribution in [0.1, 0.15) is 22.2 Å². The number of thiophene rings is 1. The lowest BCUT2D eigenvalue weighted by molar-refractivity contribution is 0.550. The van der Waals surface area contributed by atoms with Crippen molar-refractivity contribution in [1.29, 1.82) is 0 Å². The lowest BCUT2D eigenvalue weighted by atomic mass is 10.0. The van der Waals surface area contributed by atoms with Gasteiger partial charge >= 0.3 is 0 Å². The monoisotopic (exact) mass is 311 g/mol. The second kappa shape index (κ2) is 5.73. The van der Waals surface area contributed by atoms with Gasteiger partial charge in [0.2, 0.25) is 0 Å². The normalized spacial score (nSPS) is 12.6. The molecule has 3 nitrogen and oxygen atoms in total. The lowest BCUT2D eigenvalue weighted by Crippen LogP contribution is -2.30. The third kappa shape index (κ3) is 3.13. The molecule has 0 saturated carbocycles. The summed E-state index contributed by atoms with van der Waals surface area (Å²) in [5.41, 5.74) is 5.04. The number of aromatic nitrogens is 1. The maximum atomic E-state index is 5.64. The molecule has 90 valence electrons. The first kappa shape index (κ1) is 12.7. The Morgan fingerprint density at radius 1 is 1.47 bits per heavy atom. The van der Waals surface area contributed by atoms with Gasteiger partial charge in [-0.15, -0.1) is 11.3 Å². The van der Waals surface area contributed by atoms with Crippen molar-refractivity contribution in [2.75, 3.05) is 0 Å². The molecule has 2 rings (SSSR count). The fraction of sp³-hybridized carbons (Fsp3) is 0.250. The molecular weight excluding hydrogens is 298 g/mol. The molecule has 2 aromatic rings. The number of nitrogens with zero attached hydrogens (tertiary/aromatic N) is 1. The molecule has 0 saturated heterocycles. The molecule has 0 aliphatic rings. The minimum absolute atomic E-state index is 0.106. The Bertz CT molecular complexity index is 498. The molecule has 1 unspecified atom stereocenters. The second-order valence-electron chi connectivity index (χ2n) is 3.81. The van der Waals surface area contributed by atoms with Gasteiger partial charge in [-0.05, 0) is 46.6 Å². The number of aryl methyl sites for hydroxylation is 1. The number of pyridine rings is 1. The van der Waals surface area contributed by atoms with Gasteiger partial charge in [0, 0.05) is 23.2 Å². The Morgan fingerprint density at radius 3 is 2.88 bits per heavy atom. The van der Waals surface area contributed by atoms with Crippen molar-refractivity contribution in [2.24, 2.45) is 5.84 Å². The van der Waals surface area contributed by atoms with E-state index in [2.05, 4.69) is 44.5 Å². The smallest absolute Gasteiger partial charge is 0.0701 e. The minimum atomic E-state index is 0.106. The Kier molecular flexibility index (Phi) is 4.28. The van der Waals surface area contributed by atoms with Crippen molar-refractivity contribution >= 4 is 27.3 Å². The molecule has 5 heteroatoms. The number of nitrogens with two attached hydrogens (primary N) is 1. The van der Waals surface area contributed by atoms with Crippen molar-refractivity contribution in [3.05, 3.63) is 50.4 Å². The third-order valence-electron chi connectivity index (χ3n) is 2.66. The average molecular weight is 312 g/mol. The maximum Gasteiger partial charge on any atom is 0.0701 e. The van der Waals surface area contributed by atoms with Gasteiger partial charge in [-0.2, -0.15) is 0 Å². The van der Waals surface area contributed by atoms with Gasteiger partial charge < -0.3 is 0 Å². The van der Waals surface area contributed by atoms with Crippen LogP contribution in [0.3, 0.4) is 0 Å². The summed E-state index contributed by atoms with van der Waals surface area (Å²) in [6, 6.07) is 8.29. The summed E-state index contributed by atoms with van der Waals surface area (Å²) in [6.07, 6.45) is 2.67. The zero-order chi connectivity index (χ0) is 12.3. The molecule has 0 aromatic carbocycles. The summed E-state index contributed by atoms with van der Waals surface area (Å²) in [7, 11) is 0. The summed E-state index contributed by atoms with van der Waals surface area (Å²) < 4.78 is 1.14. The van der Waals surface area contributed by atoms with Crippen LogP contribution in [0, 0.1) is 6.92 Å². The molecule has 0 aliphatic carbocycles. The van der Waals surface area contributed by atoms with E-state index < -0.39 is 0 Å². The van der Waals surface area contributed by atoms with E-state index in [4.69, 9.17) is 5.84 Å². The molecule has 0 amide bonds. The molecule has 3 N–H and O–H groups in total. The van der Waals surface area contributed by atoms with E-state index in [0.29, 0.717) is 0 Å². The number of halogens is 1. The van der Waals surface area contributed by atoms with Crippen LogP contribution in [0.15, 0.2) is 34.2 Å².